The number of nitrogens with zero attached hydrogens (tertiary/aromatic N) is 1. The molecular weight excluding hydrogens is 274 g/mol. The van der Waals surface area contributed by atoms with Crippen LogP contribution in [0.5, 0.6) is 0 Å². The molecular formula is C15H21NO3S. The molecule has 20 heavy (non-hydrogen) atoms. The summed E-state index contributed by atoms with van der Waals surface area (Å²) in [5.74, 6) is 0.249. The van der Waals surface area contributed by atoms with E-state index in [1.807, 2.05) is 0 Å². The molecule has 110 valence electrons. The van der Waals surface area contributed by atoms with E-state index in [1.165, 1.54) is 19.1 Å². The van der Waals surface area contributed by atoms with Gasteiger partial charge in [0.2, 0.25) is 10.0 Å². The Morgan fingerprint density at radius 2 is 1.85 bits per heavy atom. The lowest BCUT2D eigenvalue weighted by atomic mass is 10.0. The van der Waals surface area contributed by atoms with Crippen molar-refractivity contribution < 1.29 is 13.2 Å². The highest BCUT2D eigenvalue weighted by Gasteiger charge is 2.36. The Morgan fingerprint density at radius 3 is 2.35 bits per heavy atom. The molecule has 0 radical (unpaired) electrons. The SMILES string of the molecule is CC(=O)c1ccc(S(=O)(=O)N2CCCC2C(C)C)cc1. The number of benzene rings is 1. The molecule has 0 N–H and O–H groups in total. The van der Waals surface area contributed by atoms with Crippen molar-refractivity contribution in [2.75, 3.05) is 6.54 Å². The summed E-state index contributed by atoms with van der Waals surface area (Å²) < 4.78 is 27.0. The van der Waals surface area contributed by atoms with Crippen molar-refractivity contribution in [2.24, 2.45) is 5.92 Å². The van der Waals surface area contributed by atoms with E-state index in [1.54, 1.807) is 16.4 Å². The molecule has 1 unspecified atom stereocenters. The fraction of sp³-hybridized carbons (Fsp3) is 0.533. The lowest BCUT2D eigenvalue weighted by molar-refractivity contribution is 0.101. The van der Waals surface area contributed by atoms with Gasteiger partial charge in [0.15, 0.2) is 5.78 Å². The minimum atomic E-state index is -3.45. The van der Waals surface area contributed by atoms with Crippen LogP contribution in [0.2, 0.25) is 0 Å². The van der Waals surface area contributed by atoms with Crippen LogP contribution in [0.3, 0.4) is 0 Å². The molecule has 0 aliphatic carbocycles. The van der Waals surface area contributed by atoms with Crippen molar-refractivity contribution in [3.8, 4) is 0 Å². The first kappa shape index (κ1) is 15.2. The van der Waals surface area contributed by atoms with Crippen molar-refractivity contribution >= 4 is 15.8 Å². The predicted octanol–water partition coefficient (Wildman–Crippen LogP) is 2.70. The minimum absolute atomic E-state index is 0.0600. The van der Waals surface area contributed by atoms with Crippen molar-refractivity contribution in [1.29, 1.82) is 0 Å². The lowest BCUT2D eigenvalue weighted by Gasteiger charge is -2.26. The molecule has 4 nitrogen and oxygen atoms in total. The summed E-state index contributed by atoms with van der Waals surface area (Å²) in [4.78, 5) is 11.5. The summed E-state index contributed by atoms with van der Waals surface area (Å²) in [6.45, 7) is 6.16. The molecule has 1 fully saturated rings. The molecule has 2 rings (SSSR count). The largest absolute Gasteiger partial charge is 0.295 e. The van der Waals surface area contributed by atoms with E-state index < -0.39 is 10.0 Å². The third-order valence-corrected chi connectivity index (χ3v) is 5.82. The number of sulfonamides is 1. The van der Waals surface area contributed by atoms with Crippen LogP contribution in [-0.4, -0.2) is 31.1 Å². The molecule has 0 saturated carbocycles. The number of Topliss-reactive ketones (excluding diaryl/α,β-unsaturated/α-hetero) is 1. The first-order chi connectivity index (χ1) is 9.34. The minimum Gasteiger partial charge on any atom is -0.295 e. The standard InChI is InChI=1S/C15H21NO3S/c1-11(2)15-5-4-10-16(15)20(18,19)14-8-6-13(7-9-14)12(3)17/h6-9,11,15H,4-5,10H2,1-3H3. The fourth-order valence-electron chi connectivity index (χ4n) is 2.73. The summed E-state index contributed by atoms with van der Waals surface area (Å²) in [5, 5.41) is 0. The van der Waals surface area contributed by atoms with E-state index in [-0.39, 0.29) is 16.7 Å². The molecule has 1 aliphatic heterocycles. The molecule has 1 saturated heterocycles. The Kier molecular flexibility index (Phi) is 4.30. The van der Waals surface area contributed by atoms with Gasteiger partial charge >= 0.3 is 0 Å². The highest BCUT2D eigenvalue weighted by atomic mass is 32.2. The number of rotatable bonds is 4. The molecule has 1 aromatic rings. The van der Waals surface area contributed by atoms with E-state index in [0.717, 1.165) is 12.8 Å². The third kappa shape index (κ3) is 2.79. The molecule has 0 bridgehead atoms. The van der Waals surface area contributed by atoms with Gasteiger partial charge in [0.25, 0.3) is 0 Å². The number of hydrogen-bond acceptors (Lipinski definition) is 3. The van der Waals surface area contributed by atoms with Gasteiger partial charge in [-0.3, -0.25) is 4.79 Å². The number of carbonyl (C=O) groups is 1. The molecule has 0 amide bonds. The van der Waals surface area contributed by atoms with E-state index in [0.29, 0.717) is 18.0 Å². The van der Waals surface area contributed by atoms with Gasteiger partial charge in [0, 0.05) is 18.2 Å². The average Bonchev–Trinajstić information content (AvgIpc) is 2.89. The van der Waals surface area contributed by atoms with Crippen molar-refractivity contribution in [3.05, 3.63) is 29.8 Å². The molecule has 0 spiro atoms. The molecule has 5 heteroatoms. The summed E-state index contributed by atoms with van der Waals surface area (Å²) in [7, 11) is -3.45. The highest BCUT2D eigenvalue weighted by molar-refractivity contribution is 7.89. The van der Waals surface area contributed by atoms with Crippen LogP contribution in [0.4, 0.5) is 0 Å². The first-order valence-electron chi connectivity index (χ1n) is 6.97. The predicted molar refractivity (Wildman–Crippen MR) is 78.2 cm³/mol. The third-order valence-electron chi connectivity index (χ3n) is 3.89. The van der Waals surface area contributed by atoms with Crippen LogP contribution >= 0.6 is 0 Å². The Hall–Kier alpha value is -1.20. The van der Waals surface area contributed by atoms with Crippen molar-refractivity contribution in [1.82, 2.24) is 4.31 Å². The quantitative estimate of drug-likeness (QED) is 0.803. The Balaban J connectivity index is 2.32. The van der Waals surface area contributed by atoms with Gasteiger partial charge in [-0.05, 0) is 37.8 Å². The topological polar surface area (TPSA) is 54.5 Å². The number of ketones is 1. The molecule has 1 atom stereocenters. The van der Waals surface area contributed by atoms with Gasteiger partial charge in [0.05, 0.1) is 4.90 Å². The maximum absolute atomic E-state index is 12.7. The smallest absolute Gasteiger partial charge is 0.243 e. The number of carbonyl (C=O) groups excluding carboxylic acids is 1. The normalized spacial score (nSPS) is 20.5. The van der Waals surface area contributed by atoms with Gasteiger partial charge in [-0.2, -0.15) is 4.31 Å². The maximum Gasteiger partial charge on any atom is 0.243 e. The second-order valence-corrected chi connectivity index (χ2v) is 7.54. The first-order valence-corrected chi connectivity index (χ1v) is 8.41. The van der Waals surface area contributed by atoms with Crippen LogP contribution < -0.4 is 0 Å². The molecule has 0 aromatic heterocycles. The maximum atomic E-state index is 12.7. The monoisotopic (exact) mass is 295 g/mol. The summed E-state index contributed by atoms with van der Waals surface area (Å²) >= 11 is 0. The lowest BCUT2D eigenvalue weighted by Crippen LogP contribution is -2.38. The van der Waals surface area contributed by atoms with Gasteiger partial charge in [-0.15, -0.1) is 0 Å². The summed E-state index contributed by atoms with van der Waals surface area (Å²) in [5.41, 5.74) is 0.533. The van der Waals surface area contributed by atoms with Gasteiger partial charge < -0.3 is 0 Å². The molecule has 1 aliphatic rings. The zero-order valence-corrected chi connectivity index (χ0v) is 13.0. The molecule has 1 aromatic carbocycles. The van der Waals surface area contributed by atoms with E-state index in [4.69, 9.17) is 0 Å². The van der Waals surface area contributed by atoms with E-state index in [9.17, 15) is 13.2 Å². The van der Waals surface area contributed by atoms with Crippen LogP contribution in [0.25, 0.3) is 0 Å². The number of hydrogen-bond donors (Lipinski definition) is 0. The van der Waals surface area contributed by atoms with Gasteiger partial charge in [0.1, 0.15) is 0 Å². The van der Waals surface area contributed by atoms with Crippen LogP contribution in [0, 0.1) is 5.92 Å². The highest BCUT2D eigenvalue weighted by Crippen LogP contribution is 2.30. The van der Waals surface area contributed by atoms with Crippen molar-refractivity contribution in [3.63, 3.8) is 0 Å². The Bertz CT molecular complexity index is 590. The second kappa shape index (κ2) is 5.66. The zero-order valence-electron chi connectivity index (χ0n) is 12.2. The zero-order chi connectivity index (χ0) is 14.9. The Morgan fingerprint density at radius 1 is 1.25 bits per heavy atom. The van der Waals surface area contributed by atoms with Crippen LogP contribution in [0.1, 0.15) is 44.0 Å². The summed E-state index contributed by atoms with van der Waals surface area (Å²) in [6, 6.07) is 6.29. The van der Waals surface area contributed by atoms with Crippen LogP contribution in [0.15, 0.2) is 29.2 Å². The Labute approximate surface area is 120 Å². The average molecular weight is 295 g/mol. The summed E-state index contributed by atoms with van der Waals surface area (Å²) in [6.07, 6.45) is 1.83. The second-order valence-electron chi connectivity index (χ2n) is 5.65. The van der Waals surface area contributed by atoms with Gasteiger partial charge in [-0.25, -0.2) is 8.42 Å². The van der Waals surface area contributed by atoms with E-state index >= 15 is 0 Å². The molecule has 1 heterocycles. The van der Waals surface area contributed by atoms with Crippen molar-refractivity contribution in [2.45, 2.75) is 44.6 Å². The van der Waals surface area contributed by atoms with E-state index in [2.05, 4.69) is 13.8 Å². The van der Waals surface area contributed by atoms with Crippen LogP contribution in [-0.2, 0) is 10.0 Å². The van der Waals surface area contributed by atoms with Gasteiger partial charge in [-0.1, -0.05) is 26.0 Å². The fourth-order valence-corrected chi connectivity index (χ4v) is 4.55.